The second-order valence-electron chi connectivity index (χ2n) is 11.4. The van der Waals surface area contributed by atoms with Crippen molar-refractivity contribution in [3.63, 3.8) is 0 Å². The highest BCUT2D eigenvalue weighted by atomic mass is 16.2. The molecule has 0 bridgehead atoms. The largest absolute Gasteiger partial charge is 0.351 e. The molecule has 0 spiro atoms. The molecule has 0 radical (unpaired) electrons. The van der Waals surface area contributed by atoms with E-state index in [0.717, 1.165) is 0 Å². The molecule has 0 aliphatic heterocycles. The fourth-order valence-electron chi connectivity index (χ4n) is 3.97. The van der Waals surface area contributed by atoms with E-state index in [4.69, 9.17) is 0 Å². The van der Waals surface area contributed by atoms with Crippen LogP contribution < -0.4 is 10.6 Å². The number of nitrogens with zero attached hydrogens (tertiary/aromatic N) is 4. The first-order chi connectivity index (χ1) is 21.3. The summed E-state index contributed by atoms with van der Waals surface area (Å²) < 4.78 is 0. The van der Waals surface area contributed by atoms with Crippen molar-refractivity contribution in [1.82, 2.24) is 30.2 Å². The predicted molar refractivity (Wildman–Crippen MR) is 181 cm³/mol. The van der Waals surface area contributed by atoms with E-state index >= 15 is 0 Å². The lowest BCUT2D eigenvalue weighted by Crippen LogP contribution is -2.48. The average molecular weight is 641 g/mol. The highest BCUT2D eigenvalue weighted by Gasteiger charge is 2.23. The molecule has 254 valence electrons. The van der Waals surface area contributed by atoms with Crippen LogP contribution in [0.15, 0.2) is 72.9 Å². The Hall–Kier alpha value is -4.74. The summed E-state index contributed by atoms with van der Waals surface area (Å²) >= 11 is 0. The van der Waals surface area contributed by atoms with Gasteiger partial charge in [-0.1, -0.05) is 39.5 Å². The third-order valence-corrected chi connectivity index (χ3v) is 6.64. The quantitative estimate of drug-likeness (QED) is 0.184. The second-order valence-corrected chi connectivity index (χ2v) is 11.4. The lowest BCUT2D eigenvalue weighted by molar-refractivity contribution is -0.133. The summed E-state index contributed by atoms with van der Waals surface area (Å²) in [7, 11) is 0. The Balaban J connectivity index is 5.84. The van der Waals surface area contributed by atoms with Crippen molar-refractivity contribution >= 4 is 35.4 Å². The molecule has 0 saturated carbocycles. The molecule has 0 rings (SSSR count). The maximum Gasteiger partial charge on any atom is 0.249 e. The third kappa shape index (κ3) is 14.8. The van der Waals surface area contributed by atoms with Crippen molar-refractivity contribution in [2.45, 2.75) is 41.5 Å². The van der Waals surface area contributed by atoms with Crippen LogP contribution in [-0.4, -0.2) is 120 Å². The first-order valence-electron chi connectivity index (χ1n) is 15.0. The summed E-state index contributed by atoms with van der Waals surface area (Å²) in [5, 5.41) is 5.38. The van der Waals surface area contributed by atoms with Crippen LogP contribution in [0, 0.1) is 0 Å². The van der Waals surface area contributed by atoms with Gasteiger partial charge in [-0.15, -0.1) is 0 Å². The van der Waals surface area contributed by atoms with E-state index in [0.29, 0.717) is 22.3 Å². The van der Waals surface area contributed by atoms with Gasteiger partial charge in [-0.05, 0) is 41.5 Å². The van der Waals surface area contributed by atoms with Crippen molar-refractivity contribution in [3.05, 3.63) is 72.9 Å². The van der Waals surface area contributed by atoms with Crippen LogP contribution in [-0.2, 0) is 28.8 Å². The molecular weight excluding hydrogens is 588 g/mol. The monoisotopic (exact) mass is 640 g/mol. The van der Waals surface area contributed by atoms with Gasteiger partial charge in [-0.3, -0.25) is 28.8 Å². The molecule has 46 heavy (non-hydrogen) atoms. The molecule has 0 aromatic heterocycles. The Bertz CT molecular complexity index is 1170. The van der Waals surface area contributed by atoms with Crippen LogP contribution in [0.1, 0.15) is 41.5 Å². The van der Waals surface area contributed by atoms with Crippen molar-refractivity contribution in [2.24, 2.45) is 0 Å². The van der Waals surface area contributed by atoms with Crippen LogP contribution in [0.4, 0.5) is 0 Å². The standard InChI is InChI=1S/C34H52N6O6/c1-23(2)29(41)35-13-15-37(31(43)25(5)6)17-19-39(33(45)27(9)10)21-22-40(34(46)28(11)12)20-18-38(32(44)26(7)8)16-14-36-30(42)24(3)4/h1,3,5,7,9,11,13-22H2,2,4,6,8,10,12H3,(H,35,41)(H,36,42). The average Bonchev–Trinajstić information content (AvgIpc) is 2.98. The maximum absolute atomic E-state index is 13.1. The summed E-state index contributed by atoms with van der Waals surface area (Å²) in [5.41, 5.74) is 1.84. The lowest BCUT2D eigenvalue weighted by atomic mass is 10.2. The third-order valence-electron chi connectivity index (χ3n) is 6.64. The smallest absolute Gasteiger partial charge is 0.249 e. The molecule has 0 fully saturated rings. The van der Waals surface area contributed by atoms with Gasteiger partial charge in [0.15, 0.2) is 0 Å². The summed E-state index contributed by atoms with van der Waals surface area (Å²) in [5.74, 6) is -2.02. The molecule has 0 atom stereocenters. The number of rotatable bonds is 21. The van der Waals surface area contributed by atoms with Gasteiger partial charge in [0.2, 0.25) is 35.4 Å². The Morgan fingerprint density at radius 2 is 0.565 bits per heavy atom. The SMILES string of the molecule is C=C(C)C(=O)NCCN(CCN(CCN(CCN(CCNC(=O)C(=C)C)C(=O)C(=C)C)C(=O)C(=C)C)C(=O)C(=C)C)C(=O)C(=C)C. The lowest BCUT2D eigenvalue weighted by Gasteiger charge is -2.32. The molecule has 0 aromatic carbocycles. The van der Waals surface area contributed by atoms with Gasteiger partial charge in [0.1, 0.15) is 0 Å². The van der Waals surface area contributed by atoms with Crippen LogP contribution in [0.25, 0.3) is 0 Å². The zero-order valence-corrected chi connectivity index (χ0v) is 28.6. The minimum Gasteiger partial charge on any atom is -0.351 e. The number of hydrogen-bond acceptors (Lipinski definition) is 6. The van der Waals surface area contributed by atoms with Gasteiger partial charge in [-0.2, -0.15) is 0 Å². The van der Waals surface area contributed by atoms with E-state index in [1.54, 1.807) is 41.5 Å². The molecule has 12 nitrogen and oxygen atoms in total. The number of carbonyl (C=O) groups is 6. The maximum atomic E-state index is 13.1. The fourth-order valence-corrected chi connectivity index (χ4v) is 3.97. The molecule has 6 amide bonds. The molecule has 0 aliphatic carbocycles. The molecule has 2 N–H and O–H groups in total. The van der Waals surface area contributed by atoms with Crippen LogP contribution in [0.3, 0.4) is 0 Å². The van der Waals surface area contributed by atoms with Crippen LogP contribution in [0.2, 0.25) is 0 Å². The van der Waals surface area contributed by atoms with Gasteiger partial charge in [0.05, 0.1) is 0 Å². The van der Waals surface area contributed by atoms with Crippen LogP contribution in [0.5, 0.6) is 0 Å². The summed E-state index contributed by atoms with van der Waals surface area (Å²) in [6.07, 6.45) is 0. The van der Waals surface area contributed by atoms with Crippen molar-refractivity contribution in [2.75, 3.05) is 65.4 Å². The Labute approximate surface area is 274 Å². The Morgan fingerprint density at radius 3 is 0.739 bits per heavy atom. The minimum atomic E-state index is -0.353. The number of amides is 6. The number of carbonyl (C=O) groups excluding carboxylic acids is 6. The molecule has 0 saturated heterocycles. The highest BCUT2D eigenvalue weighted by molar-refractivity contribution is 5.95. The summed E-state index contributed by atoms with van der Waals surface area (Å²) in [4.78, 5) is 81.7. The molecule has 0 aromatic rings. The van der Waals surface area contributed by atoms with E-state index in [-0.39, 0.29) is 112 Å². The van der Waals surface area contributed by atoms with Gasteiger partial charge in [0.25, 0.3) is 0 Å². The molecule has 0 unspecified atom stereocenters. The van der Waals surface area contributed by atoms with E-state index in [1.807, 2.05) is 0 Å². The normalized spacial score (nSPS) is 10.1. The van der Waals surface area contributed by atoms with E-state index < -0.39 is 0 Å². The van der Waals surface area contributed by atoms with Gasteiger partial charge < -0.3 is 30.2 Å². The zero-order chi connectivity index (χ0) is 35.7. The van der Waals surface area contributed by atoms with E-state index in [1.165, 1.54) is 19.6 Å². The molecular formula is C34H52N6O6. The number of nitrogens with one attached hydrogen (secondary N) is 2. The fraction of sp³-hybridized carbons (Fsp3) is 0.471. The predicted octanol–water partition coefficient (Wildman–Crippen LogP) is 1.99. The molecule has 0 aliphatic rings. The van der Waals surface area contributed by atoms with Crippen molar-refractivity contribution < 1.29 is 28.8 Å². The van der Waals surface area contributed by atoms with E-state index in [2.05, 4.69) is 50.1 Å². The first-order valence-corrected chi connectivity index (χ1v) is 15.0. The highest BCUT2D eigenvalue weighted by Crippen LogP contribution is 2.07. The minimum absolute atomic E-state index is 0.106. The Kier molecular flexibility index (Phi) is 18.2. The van der Waals surface area contributed by atoms with Crippen molar-refractivity contribution in [3.8, 4) is 0 Å². The Morgan fingerprint density at radius 1 is 0.370 bits per heavy atom. The summed E-state index contributed by atoms with van der Waals surface area (Å²) in [6.45, 7) is 33.1. The number of hydrogen-bond donors (Lipinski definition) is 2. The first kappa shape index (κ1) is 41.3. The topological polar surface area (TPSA) is 139 Å². The van der Waals surface area contributed by atoms with Gasteiger partial charge in [0, 0.05) is 98.9 Å². The van der Waals surface area contributed by atoms with Gasteiger partial charge in [-0.25, -0.2) is 0 Å². The van der Waals surface area contributed by atoms with E-state index in [9.17, 15) is 28.8 Å². The summed E-state index contributed by atoms with van der Waals surface area (Å²) in [6, 6.07) is 0. The zero-order valence-electron chi connectivity index (χ0n) is 28.6. The second kappa shape index (κ2) is 20.3. The van der Waals surface area contributed by atoms with Crippen molar-refractivity contribution in [1.29, 1.82) is 0 Å². The molecule has 0 heterocycles. The molecule has 12 heteroatoms. The van der Waals surface area contributed by atoms with Gasteiger partial charge >= 0.3 is 0 Å². The van der Waals surface area contributed by atoms with Crippen LogP contribution >= 0.6 is 0 Å².